The molecule has 0 saturated heterocycles. The Balaban J connectivity index is 1.72. The molecule has 3 aromatic heterocycles. The fraction of sp³-hybridized carbons (Fsp3) is 0.500. The number of hydrogen-bond donors (Lipinski definition) is 0. The number of methoxy groups -OCH3 is 1. The number of ether oxygens (including phenoxy) is 1. The molecule has 0 saturated carbocycles. The number of hydrogen-bond acceptors (Lipinski definition) is 7. The fourth-order valence-electron chi connectivity index (χ4n) is 6.07. The molecule has 0 aliphatic heterocycles. The molecule has 0 amide bonds. The summed E-state index contributed by atoms with van der Waals surface area (Å²) in [7, 11) is -0.202. The second kappa shape index (κ2) is 12.8. The van der Waals surface area contributed by atoms with Crippen LogP contribution in [0.2, 0.25) is 16.6 Å². The molecule has 3 heterocycles. The molecule has 4 aromatic rings. The van der Waals surface area contributed by atoms with E-state index in [4.69, 9.17) is 23.5 Å². The van der Waals surface area contributed by atoms with Crippen molar-refractivity contribution in [2.24, 2.45) is 0 Å². The maximum atomic E-state index is 6.85. The van der Waals surface area contributed by atoms with E-state index in [2.05, 4.69) is 69.3 Å². The first-order valence-electron chi connectivity index (χ1n) is 13.8. The van der Waals surface area contributed by atoms with Crippen molar-refractivity contribution in [3.05, 3.63) is 48.6 Å². The van der Waals surface area contributed by atoms with E-state index in [9.17, 15) is 0 Å². The molecular formula is C30H42N4O3SSi. The number of imidazole rings is 1. The summed E-state index contributed by atoms with van der Waals surface area (Å²) in [5.41, 5.74) is 6.11. The first-order valence-corrected chi connectivity index (χ1v) is 17.2. The first-order chi connectivity index (χ1) is 18.7. The average Bonchev–Trinajstić information content (AvgIpc) is 3.52. The van der Waals surface area contributed by atoms with Gasteiger partial charge in [-0.05, 0) is 47.5 Å². The van der Waals surface area contributed by atoms with Gasteiger partial charge in [0.2, 0.25) is 0 Å². The number of nitrogens with zero attached hydrogens (tertiary/aromatic N) is 4. The van der Waals surface area contributed by atoms with Gasteiger partial charge < -0.3 is 18.1 Å². The van der Waals surface area contributed by atoms with E-state index in [1.165, 1.54) is 11.8 Å². The SMILES string of the molecule is COCn1c(CCCO[Si](C(C)C)(C(C)C)C(C)C)nc(-c2ccc3ccoc3c2)c1-c1ccnc(SC)n1. The number of aromatic nitrogens is 4. The predicted molar refractivity (Wildman–Crippen MR) is 163 cm³/mol. The molecule has 9 heteroatoms. The number of furan rings is 1. The molecule has 7 nitrogen and oxygen atoms in total. The monoisotopic (exact) mass is 566 g/mol. The fourth-order valence-corrected chi connectivity index (χ4v) is 11.9. The maximum absolute atomic E-state index is 6.85. The van der Waals surface area contributed by atoms with Crippen LogP contribution >= 0.6 is 11.8 Å². The largest absolute Gasteiger partial charge is 0.464 e. The Morgan fingerprint density at radius 1 is 1.00 bits per heavy atom. The Morgan fingerprint density at radius 2 is 1.74 bits per heavy atom. The van der Waals surface area contributed by atoms with Gasteiger partial charge in [-0.1, -0.05) is 65.4 Å². The van der Waals surface area contributed by atoms with Gasteiger partial charge in [-0.25, -0.2) is 15.0 Å². The van der Waals surface area contributed by atoms with Gasteiger partial charge in [-0.3, -0.25) is 0 Å². The van der Waals surface area contributed by atoms with Crippen molar-refractivity contribution in [3.8, 4) is 22.6 Å². The molecule has 0 atom stereocenters. The van der Waals surface area contributed by atoms with E-state index in [0.29, 0.717) is 23.4 Å². The highest BCUT2D eigenvalue weighted by molar-refractivity contribution is 7.98. The molecule has 0 aliphatic rings. The third-order valence-corrected chi connectivity index (χ3v) is 14.4. The van der Waals surface area contributed by atoms with Crippen LogP contribution in [0.15, 0.2) is 52.4 Å². The van der Waals surface area contributed by atoms with E-state index in [-0.39, 0.29) is 0 Å². The van der Waals surface area contributed by atoms with Crippen molar-refractivity contribution in [1.82, 2.24) is 19.5 Å². The lowest BCUT2D eigenvalue weighted by atomic mass is 10.1. The van der Waals surface area contributed by atoms with Crippen LogP contribution in [0.25, 0.3) is 33.6 Å². The van der Waals surface area contributed by atoms with Crippen molar-refractivity contribution in [1.29, 1.82) is 0 Å². The predicted octanol–water partition coefficient (Wildman–Crippen LogP) is 8.20. The van der Waals surface area contributed by atoms with Gasteiger partial charge in [0.05, 0.1) is 23.3 Å². The van der Waals surface area contributed by atoms with E-state index in [0.717, 1.165) is 64.0 Å². The Kier molecular flexibility index (Phi) is 9.69. The minimum atomic E-state index is -1.92. The second-order valence-electron chi connectivity index (χ2n) is 10.9. The summed E-state index contributed by atoms with van der Waals surface area (Å²) in [5.74, 6) is 0.959. The lowest BCUT2D eigenvalue weighted by molar-refractivity contribution is 0.129. The number of rotatable bonds is 13. The quantitative estimate of drug-likeness (QED) is 0.0698. The molecule has 0 aliphatic carbocycles. The summed E-state index contributed by atoms with van der Waals surface area (Å²) < 4.78 is 20.4. The van der Waals surface area contributed by atoms with Gasteiger partial charge >= 0.3 is 0 Å². The normalized spacial score (nSPS) is 12.5. The molecule has 1 aromatic carbocycles. The molecular weight excluding hydrogens is 525 g/mol. The average molecular weight is 567 g/mol. The molecule has 0 fully saturated rings. The van der Waals surface area contributed by atoms with Crippen molar-refractivity contribution < 1.29 is 13.6 Å². The van der Waals surface area contributed by atoms with Gasteiger partial charge in [0, 0.05) is 37.3 Å². The molecule has 210 valence electrons. The molecule has 4 rings (SSSR count). The van der Waals surface area contributed by atoms with Crippen molar-refractivity contribution in [2.75, 3.05) is 20.0 Å². The van der Waals surface area contributed by atoms with Gasteiger partial charge in [0.15, 0.2) is 13.5 Å². The second-order valence-corrected chi connectivity index (χ2v) is 17.2. The molecule has 0 N–H and O–H groups in total. The minimum Gasteiger partial charge on any atom is -0.464 e. The highest BCUT2D eigenvalue weighted by atomic mass is 32.2. The number of thioether (sulfide) groups is 1. The number of fused-ring (bicyclic) bond motifs is 1. The maximum Gasteiger partial charge on any atom is 0.200 e. The third-order valence-electron chi connectivity index (χ3n) is 7.70. The zero-order valence-corrected chi connectivity index (χ0v) is 26.3. The molecule has 0 unspecified atom stereocenters. The van der Waals surface area contributed by atoms with Gasteiger partial charge in [0.1, 0.15) is 18.1 Å². The van der Waals surface area contributed by atoms with Gasteiger partial charge in [-0.15, -0.1) is 0 Å². The Labute approximate surface area is 237 Å². The highest BCUT2D eigenvalue weighted by Crippen LogP contribution is 2.42. The van der Waals surface area contributed by atoms with Crippen molar-refractivity contribution in [3.63, 3.8) is 0 Å². The van der Waals surface area contributed by atoms with Crippen molar-refractivity contribution in [2.45, 2.75) is 82.9 Å². The standard InChI is InChI=1S/C30H42N4O3SSi/c1-20(2)39(21(3)4,22(5)6)37-16-9-10-27-33-28(24-12-11-23-14-17-36-26(23)18-24)29(34(27)19-35-7)25-13-15-31-30(32-25)38-8/h11-15,17-18,20-22H,9-10,16,19H2,1-8H3. The first kappa shape index (κ1) is 29.5. The summed E-state index contributed by atoms with van der Waals surface area (Å²) >= 11 is 1.52. The van der Waals surface area contributed by atoms with Crippen LogP contribution in [0.3, 0.4) is 0 Å². The summed E-state index contributed by atoms with van der Waals surface area (Å²) in [5, 5.41) is 1.78. The van der Waals surface area contributed by atoms with E-state index in [1.54, 1.807) is 19.6 Å². The van der Waals surface area contributed by atoms with Crippen LogP contribution in [0.1, 0.15) is 53.8 Å². The molecule has 0 spiro atoms. The Bertz CT molecular complexity index is 1360. The Hall–Kier alpha value is -2.46. The van der Waals surface area contributed by atoms with Crippen LogP contribution in [-0.4, -0.2) is 47.8 Å². The number of benzene rings is 1. The highest BCUT2D eigenvalue weighted by Gasteiger charge is 2.44. The zero-order valence-electron chi connectivity index (χ0n) is 24.5. The molecule has 0 radical (unpaired) electrons. The van der Waals surface area contributed by atoms with Crippen molar-refractivity contribution >= 4 is 31.0 Å². The van der Waals surface area contributed by atoms with Gasteiger partial charge in [-0.2, -0.15) is 0 Å². The third kappa shape index (κ3) is 6.01. The zero-order chi connectivity index (χ0) is 28.2. The van der Waals surface area contributed by atoms with Crippen LogP contribution in [0.4, 0.5) is 0 Å². The van der Waals surface area contributed by atoms with Crippen LogP contribution in [0, 0.1) is 0 Å². The van der Waals surface area contributed by atoms with E-state index in [1.807, 2.05) is 18.4 Å². The summed E-state index contributed by atoms with van der Waals surface area (Å²) in [6, 6.07) is 10.1. The van der Waals surface area contributed by atoms with Crippen LogP contribution in [0.5, 0.6) is 0 Å². The lowest BCUT2D eigenvalue weighted by Gasteiger charge is -2.42. The van der Waals surface area contributed by atoms with E-state index < -0.39 is 8.32 Å². The lowest BCUT2D eigenvalue weighted by Crippen LogP contribution is -2.48. The minimum absolute atomic E-state index is 0.378. The smallest absolute Gasteiger partial charge is 0.200 e. The summed E-state index contributed by atoms with van der Waals surface area (Å²) in [6.45, 7) is 15.1. The molecule has 0 bridgehead atoms. The molecule has 39 heavy (non-hydrogen) atoms. The van der Waals surface area contributed by atoms with Gasteiger partial charge in [0.25, 0.3) is 0 Å². The van der Waals surface area contributed by atoms with Crippen LogP contribution in [-0.2, 0) is 22.3 Å². The summed E-state index contributed by atoms with van der Waals surface area (Å²) in [4.78, 5) is 14.4. The van der Waals surface area contributed by atoms with E-state index >= 15 is 0 Å². The Morgan fingerprint density at radius 3 is 2.41 bits per heavy atom. The number of aryl methyl sites for hydroxylation is 1. The topological polar surface area (TPSA) is 75.2 Å². The summed E-state index contributed by atoms with van der Waals surface area (Å²) in [6.07, 6.45) is 7.17. The van der Waals surface area contributed by atoms with Crippen LogP contribution < -0.4 is 0 Å².